The maximum Gasteiger partial charge on any atom is 0.251 e. The van der Waals surface area contributed by atoms with Gasteiger partial charge in [0.2, 0.25) is 0 Å². The molecular weight excluding hydrogens is 315 g/mol. The van der Waals surface area contributed by atoms with Crippen molar-refractivity contribution in [1.82, 2.24) is 0 Å². The van der Waals surface area contributed by atoms with Crippen molar-refractivity contribution < 1.29 is 9.18 Å². The number of hydrogen-bond acceptors (Lipinski definition) is 2. The molecule has 0 saturated carbocycles. The summed E-state index contributed by atoms with van der Waals surface area (Å²) in [5.41, 5.74) is 1.44. The number of carbonyl (C=O) groups excluding carboxylic acids is 1. The highest BCUT2D eigenvalue weighted by Gasteiger charge is 2.24. The van der Waals surface area contributed by atoms with Crippen LogP contribution in [0.3, 0.4) is 0 Å². The van der Waals surface area contributed by atoms with Crippen LogP contribution in [0.25, 0.3) is 5.57 Å². The van der Waals surface area contributed by atoms with Crippen molar-refractivity contribution in [3.8, 4) is 6.07 Å². The van der Waals surface area contributed by atoms with Crippen LogP contribution >= 0.6 is 11.6 Å². The van der Waals surface area contributed by atoms with Crippen molar-refractivity contribution in [2.24, 2.45) is 0 Å². The molecule has 5 heteroatoms. The molecule has 0 N–H and O–H groups in total. The first-order valence-corrected chi connectivity index (χ1v) is 7.37. The zero-order valence-corrected chi connectivity index (χ0v) is 12.8. The smallest absolute Gasteiger partial charge is 0.251 e. The van der Waals surface area contributed by atoms with Crippen molar-refractivity contribution in [3.05, 3.63) is 70.5 Å². The Hall–Kier alpha value is -2.64. The van der Waals surface area contributed by atoms with Crippen LogP contribution in [-0.2, 0) is 4.79 Å². The maximum absolute atomic E-state index is 14.3. The Kier molecular flexibility index (Phi) is 4.14. The Bertz CT molecular complexity index is 840. The van der Waals surface area contributed by atoms with Gasteiger partial charge in [0, 0.05) is 24.3 Å². The lowest BCUT2D eigenvalue weighted by atomic mass is 9.94. The quantitative estimate of drug-likeness (QED) is 0.838. The molecule has 0 fully saturated rings. The van der Waals surface area contributed by atoms with Crippen LogP contribution in [0.5, 0.6) is 0 Å². The third kappa shape index (κ3) is 2.84. The van der Waals surface area contributed by atoms with Crippen molar-refractivity contribution in [3.63, 3.8) is 0 Å². The van der Waals surface area contributed by atoms with Gasteiger partial charge in [-0.25, -0.2) is 4.39 Å². The normalized spacial score (nSPS) is 14.4. The van der Waals surface area contributed by atoms with E-state index in [2.05, 4.69) is 6.07 Å². The summed E-state index contributed by atoms with van der Waals surface area (Å²) >= 11 is 5.81. The number of para-hydroxylation sites is 1. The predicted molar refractivity (Wildman–Crippen MR) is 86.4 cm³/mol. The molecule has 1 amide bonds. The Morgan fingerprint density at radius 3 is 2.78 bits per heavy atom. The van der Waals surface area contributed by atoms with Gasteiger partial charge in [0.15, 0.2) is 5.82 Å². The zero-order valence-electron chi connectivity index (χ0n) is 12.0. The minimum absolute atomic E-state index is 0.0637. The van der Waals surface area contributed by atoms with Gasteiger partial charge >= 0.3 is 0 Å². The van der Waals surface area contributed by atoms with E-state index in [0.29, 0.717) is 24.2 Å². The lowest BCUT2D eigenvalue weighted by Crippen LogP contribution is -2.33. The highest BCUT2D eigenvalue weighted by atomic mass is 35.5. The van der Waals surface area contributed by atoms with Crippen molar-refractivity contribution in [2.75, 3.05) is 11.4 Å². The molecule has 3 rings (SSSR count). The van der Waals surface area contributed by atoms with E-state index >= 15 is 0 Å². The SMILES string of the molecule is N#Cc1ccc(Cl)c(F)c1C1=CC(=O)N(c2[c]cccc2)CC1. The number of nitrogens with zero attached hydrogens (tertiary/aromatic N) is 2. The van der Waals surface area contributed by atoms with Gasteiger partial charge in [-0.05, 0) is 30.2 Å². The predicted octanol–water partition coefficient (Wildman–Crippen LogP) is 3.97. The van der Waals surface area contributed by atoms with Gasteiger partial charge in [-0.2, -0.15) is 5.26 Å². The van der Waals surface area contributed by atoms with Gasteiger partial charge in [0.05, 0.1) is 22.3 Å². The summed E-state index contributed by atoms with van der Waals surface area (Å²) in [6.07, 6.45) is 1.79. The first-order chi connectivity index (χ1) is 11.1. The van der Waals surface area contributed by atoms with Gasteiger partial charge < -0.3 is 4.90 Å². The molecule has 2 aromatic rings. The topological polar surface area (TPSA) is 44.1 Å². The highest BCUT2D eigenvalue weighted by molar-refractivity contribution is 6.31. The molecule has 0 aliphatic carbocycles. The second-order valence-corrected chi connectivity index (χ2v) is 5.46. The number of halogens is 2. The second-order valence-electron chi connectivity index (χ2n) is 5.05. The molecule has 23 heavy (non-hydrogen) atoms. The van der Waals surface area contributed by atoms with Gasteiger partial charge in [0.25, 0.3) is 5.91 Å². The largest absolute Gasteiger partial charge is 0.308 e. The average Bonchev–Trinajstić information content (AvgIpc) is 2.58. The molecule has 2 aromatic carbocycles. The van der Waals surface area contributed by atoms with E-state index in [4.69, 9.17) is 11.6 Å². The number of hydrogen-bond donors (Lipinski definition) is 0. The molecule has 0 saturated heterocycles. The van der Waals surface area contributed by atoms with Crippen LogP contribution in [-0.4, -0.2) is 12.5 Å². The molecule has 1 heterocycles. The van der Waals surface area contributed by atoms with E-state index in [1.54, 1.807) is 17.0 Å². The van der Waals surface area contributed by atoms with E-state index < -0.39 is 5.82 Å². The average molecular weight is 326 g/mol. The summed E-state index contributed by atoms with van der Waals surface area (Å²) in [5, 5.41) is 9.11. The second kappa shape index (κ2) is 6.23. The first-order valence-electron chi connectivity index (χ1n) is 6.99. The number of benzene rings is 2. The van der Waals surface area contributed by atoms with E-state index in [1.165, 1.54) is 18.2 Å². The van der Waals surface area contributed by atoms with E-state index in [-0.39, 0.29) is 22.1 Å². The summed E-state index contributed by atoms with van der Waals surface area (Å²) in [7, 11) is 0. The maximum atomic E-state index is 14.3. The molecule has 0 aromatic heterocycles. The number of anilines is 1. The third-order valence-corrected chi connectivity index (χ3v) is 3.98. The van der Waals surface area contributed by atoms with Crippen molar-refractivity contribution in [2.45, 2.75) is 6.42 Å². The summed E-state index contributed by atoms with van der Waals surface area (Å²) in [6, 6.07) is 14.9. The van der Waals surface area contributed by atoms with E-state index in [1.807, 2.05) is 18.2 Å². The lowest BCUT2D eigenvalue weighted by Gasteiger charge is -2.26. The van der Waals surface area contributed by atoms with Crippen LogP contribution in [0.1, 0.15) is 17.5 Å². The molecular formula is C18H11ClFN2O. The van der Waals surface area contributed by atoms with Crippen LogP contribution in [0.4, 0.5) is 10.1 Å². The van der Waals surface area contributed by atoms with Crippen LogP contribution < -0.4 is 4.90 Å². The fourth-order valence-electron chi connectivity index (χ4n) is 2.59. The van der Waals surface area contributed by atoms with E-state index in [0.717, 1.165) is 0 Å². The highest BCUT2D eigenvalue weighted by Crippen LogP contribution is 2.32. The molecule has 0 bridgehead atoms. The zero-order chi connectivity index (χ0) is 16.4. The Balaban J connectivity index is 2.01. The molecule has 3 nitrogen and oxygen atoms in total. The summed E-state index contributed by atoms with van der Waals surface area (Å²) in [5.74, 6) is -0.929. The third-order valence-electron chi connectivity index (χ3n) is 3.69. The van der Waals surface area contributed by atoms with Crippen LogP contribution in [0.15, 0.2) is 42.5 Å². The van der Waals surface area contributed by atoms with Crippen LogP contribution in [0, 0.1) is 23.2 Å². The minimum atomic E-state index is -0.663. The summed E-state index contributed by atoms with van der Waals surface area (Å²) in [6.45, 7) is 0.391. The lowest BCUT2D eigenvalue weighted by molar-refractivity contribution is -0.114. The van der Waals surface area contributed by atoms with E-state index in [9.17, 15) is 14.4 Å². The summed E-state index contributed by atoms with van der Waals surface area (Å²) in [4.78, 5) is 13.9. The molecule has 113 valence electrons. The number of nitriles is 1. The molecule has 1 aliphatic heterocycles. The monoisotopic (exact) mass is 325 g/mol. The number of carbonyl (C=O) groups is 1. The van der Waals surface area contributed by atoms with Crippen molar-refractivity contribution >= 4 is 28.8 Å². The fraction of sp³-hybridized carbons (Fsp3) is 0.111. The Morgan fingerprint density at radius 2 is 2.13 bits per heavy atom. The van der Waals surface area contributed by atoms with Crippen molar-refractivity contribution in [1.29, 1.82) is 5.26 Å². The van der Waals surface area contributed by atoms with Gasteiger partial charge in [-0.15, -0.1) is 0 Å². The standard InChI is InChI=1S/C18H11ClFN2O/c19-15-7-6-13(11-21)17(18(15)20)12-8-9-22(16(23)10-12)14-4-2-1-3-5-14/h1-4,6-7,10H,8-9H2. The minimum Gasteiger partial charge on any atom is -0.308 e. The number of rotatable bonds is 2. The molecule has 0 unspecified atom stereocenters. The molecule has 1 radical (unpaired) electrons. The van der Waals surface area contributed by atoms with Crippen LogP contribution in [0.2, 0.25) is 5.02 Å². The molecule has 1 aliphatic rings. The van der Waals surface area contributed by atoms with Gasteiger partial charge in [0.1, 0.15) is 0 Å². The Labute approximate surface area is 138 Å². The molecule has 0 spiro atoms. The fourth-order valence-corrected chi connectivity index (χ4v) is 2.74. The first kappa shape index (κ1) is 15.3. The molecule has 0 atom stereocenters. The summed E-state index contributed by atoms with van der Waals surface area (Å²) < 4.78 is 14.3. The Morgan fingerprint density at radius 1 is 1.30 bits per heavy atom. The van der Waals surface area contributed by atoms with Gasteiger partial charge in [-0.3, -0.25) is 4.79 Å². The van der Waals surface area contributed by atoms with Gasteiger partial charge in [-0.1, -0.05) is 29.8 Å². The number of amides is 1.